The molecule has 0 amide bonds. The van der Waals surface area contributed by atoms with Gasteiger partial charge in [0.05, 0.1) is 5.69 Å². The average Bonchev–Trinajstić information content (AvgIpc) is 2.49. The van der Waals surface area contributed by atoms with Crippen LogP contribution in [0.5, 0.6) is 5.75 Å². The van der Waals surface area contributed by atoms with Gasteiger partial charge in [-0.05, 0) is 19.1 Å². The van der Waals surface area contributed by atoms with E-state index in [2.05, 4.69) is 33.2 Å². The van der Waals surface area contributed by atoms with E-state index in [1.807, 2.05) is 6.08 Å². The Morgan fingerprint density at radius 1 is 1.43 bits per heavy atom. The highest BCUT2D eigenvalue weighted by molar-refractivity contribution is 5.69. The summed E-state index contributed by atoms with van der Waals surface area (Å²) < 4.78 is 13.7. The summed E-state index contributed by atoms with van der Waals surface area (Å²) in [5.41, 5.74) is 1.17. The minimum Gasteiger partial charge on any atom is -0.508 e. The summed E-state index contributed by atoms with van der Waals surface area (Å²) >= 11 is 0. The van der Waals surface area contributed by atoms with Gasteiger partial charge in [0.15, 0.2) is 0 Å². The number of nitrogens with one attached hydrogen (secondary N) is 1. The number of phenolic OH excluding ortho intramolecular Hbond substituents is 1. The van der Waals surface area contributed by atoms with E-state index in [0.717, 1.165) is 30.5 Å². The minimum atomic E-state index is -0.552. The van der Waals surface area contributed by atoms with E-state index in [1.54, 1.807) is 6.20 Å². The summed E-state index contributed by atoms with van der Waals surface area (Å²) in [5.74, 6) is 0.485. The average molecular weight is 286 g/mol. The lowest BCUT2D eigenvalue weighted by molar-refractivity contribution is 0.469. The van der Waals surface area contributed by atoms with Crippen LogP contribution in [0.1, 0.15) is 12.5 Å². The number of benzene rings is 1. The highest BCUT2D eigenvalue weighted by Crippen LogP contribution is 2.26. The van der Waals surface area contributed by atoms with Gasteiger partial charge in [-0.15, -0.1) is 0 Å². The van der Waals surface area contributed by atoms with Crippen molar-refractivity contribution in [2.75, 3.05) is 23.3 Å². The zero-order valence-electron chi connectivity index (χ0n) is 11.5. The molecule has 0 atom stereocenters. The first kappa shape index (κ1) is 13.4. The van der Waals surface area contributed by atoms with E-state index in [1.165, 1.54) is 12.1 Å². The summed E-state index contributed by atoms with van der Waals surface area (Å²) in [6.07, 6.45) is 5.75. The fraction of sp³-hybridized carbons (Fsp3) is 0.200. The summed E-state index contributed by atoms with van der Waals surface area (Å²) in [7, 11) is 0. The molecular formula is C15H15FN4O. The van der Waals surface area contributed by atoms with Crippen LogP contribution in [0.3, 0.4) is 0 Å². The third kappa shape index (κ3) is 2.65. The van der Waals surface area contributed by atoms with Crippen LogP contribution in [-0.4, -0.2) is 28.2 Å². The number of halogens is 1. The summed E-state index contributed by atoms with van der Waals surface area (Å²) in [5, 5.41) is 12.1. The van der Waals surface area contributed by atoms with E-state index in [9.17, 15) is 9.50 Å². The molecule has 0 unspecified atom stereocenters. The monoisotopic (exact) mass is 286 g/mol. The number of aromatic hydroxyl groups is 1. The van der Waals surface area contributed by atoms with Gasteiger partial charge in [0.2, 0.25) is 5.95 Å². The SMILES string of the molecule is CCN1CC=Cc2cnc(Nc3ccc(O)cc3F)nc21. The van der Waals surface area contributed by atoms with E-state index < -0.39 is 5.82 Å². The van der Waals surface area contributed by atoms with Crippen LogP contribution in [0.4, 0.5) is 21.8 Å². The third-order valence-electron chi connectivity index (χ3n) is 3.30. The van der Waals surface area contributed by atoms with Crippen molar-refractivity contribution in [3.05, 3.63) is 41.9 Å². The normalized spacial score (nSPS) is 13.1. The molecule has 0 aliphatic carbocycles. The van der Waals surface area contributed by atoms with Crippen molar-refractivity contribution in [3.63, 3.8) is 0 Å². The molecule has 1 aromatic heterocycles. The lowest BCUT2D eigenvalue weighted by Gasteiger charge is -2.25. The zero-order valence-corrected chi connectivity index (χ0v) is 11.5. The number of likely N-dealkylation sites (N-methyl/N-ethyl adjacent to an activating group) is 1. The number of hydrogen-bond acceptors (Lipinski definition) is 5. The van der Waals surface area contributed by atoms with Crippen molar-refractivity contribution in [2.45, 2.75) is 6.92 Å². The number of nitrogens with zero attached hydrogens (tertiary/aromatic N) is 3. The third-order valence-corrected chi connectivity index (χ3v) is 3.30. The minimum absolute atomic E-state index is 0.119. The Morgan fingerprint density at radius 2 is 2.29 bits per heavy atom. The Bertz CT molecular complexity index is 702. The van der Waals surface area contributed by atoms with Gasteiger partial charge in [0.1, 0.15) is 17.4 Å². The van der Waals surface area contributed by atoms with Gasteiger partial charge >= 0.3 is 0 Å². The summed E-state index contributed by atoms with van der Waals surface area (Å²) in [6.45, 7) is 3.69. The highest BCUT2D eigenvalue weighted by Gasteiger charge is 2.15. The molecule has 0 spiro atoms. The Kier molecular flexibility index (Phi) is 3.43. The molecule has 3 rings (SSSR count). The molecule has 0 bridgehead atoms. The molecular weight excluding hydrogens is 271 g/mol. The summed E-state index contributed by atoms with van der Waals surface area (Å²) in [4.78, 5) is 10.7. The molecule has 1 aliphatic heterocycles. The molecule has 2 heterocycles. The molecule has 0 radical (unpaired) electrons. The van der Waals surface area contributed by atoms with Gasteiger partial charge in [0.25, 0.3) is 0 Å². The first-order chi connectivity index (χ1) is 10.2. The Balaban J connectivity index is 1.92. The Hall–Kier alpha value is -2.63. The van der Waals surface area contributed by atoms with Crippen molar-refractivity contribution < 1.29 is 9.50 Å². The zero-order chi connectivity index (χ0) is 14.8. The number of fused-ring (bicyclic) bond motifs is 1. The second-order valence-corrected chi connectivity index (χ2v) is 4.70. The standard InChI is InChI=1S/C15H15FN4O/c1-2-20-7-3-4-10-9-17-15(19-14(10)20)18-13-6-5-11(21)8-12(13)16/h3-6,8-9,21H,2,7H2,1H3,(H,17,18,19). The lowest BCUT2D eigenvalue weighted by atomic mass is 10.2. The van der Waals surface area contributed by atoms with Crippen LogP contribution in [-0.2, 0) is 0 Å². The predicted octanol–water partition coefficient (Wildman–Crippen LogP) is 2.92. The van der Waals surface area contributed by atoms with E-state index in [4.69, 9.17) is 0 Å². The molecule has 5 nitrogen and oxygen atoms in total. The van der Waals surface area contributed by atoms with E-state index in [-0.39, 0.29) is 11.4 Å². The molecule has 108 valence electrons. The molecule has 1 aromatic carbocycles. The van der Waals surface area contributed by atoms with Crippen LogP contribution in [0.2, 0.25) is 0 Å². The van der Waals surface area contributed by atoms with Crippen LogP contribution < -0.4 is 10.2 Å². The van der Waals surface area contributed by atoms with Crippen LogP contribution in [0.15, 0.2) is 30.5 Å². The molecule has 0 fully saturated rings. The molecule has 2 N–H and O–H groups in total. The summed E-state index contributed by atoms with van der Waals surface area (Å²) in [6, 6.07) is 3.90. The number of anilines is 3. The number of hydrogen-bond donors (Lipinski definition) is 2. The van der Waals surface area contributed by atoms with E-state index in [0.29, 0.717) is 5.95 Å². The first-order valence-electron chi connectivity index (χ1n) is 6.71. The maximum absolute atomic E-state index is 13.7. The van der Waals surface area contributed by atoms with Gasteiger partial charge in [0, 0.05) is 30.9 Å². The maximum Gasteiger partial charge on any atom is 0.229 e. The van der Waals surface area contributed by atoms with Gasteiger partial charge in [-0.1, -0.05) is 12.2 Å². The topological polar surface area (TPSA) is 61.3 Å². The molecule has 0 saturated carbocycles. The number of rotatable bonds is 3. The molecule has 21 heavy (non-hydrogen) atoms. The Labute approximate surface area is 121 Å². The quantitative estimate of drug-likeness (QED) is 0.850. The second-order valence-electron chi connectivity index (χ2n) is 4.70. The van der Waals surface area contributed by atoms with Gasteiger partial charge in [-0.3, -0.25) is 0 Å². The number of aromatic nitrogens is 2. The first-order valence-corrected chi connectivity index (χ1v) is 6.71. The van der Waals surface area contributed by atoms with Crippen LogP contribution >= 0.6 is 0 Å². The van der Waals surface area contributed by atoms with Crippen LogP contribution in [0.25, 0.3) is 6.08 Å². The highest BCUT2D eigenvalue weighted by atomic mass is 19.1. The molecule has 6 heteroatoms. The van der Waals surface area contributed by atoms with Crippen molar-refractivity contribution >= 4 is 23.5 Å². The predicted molar refractivity (Wildman–Crippen MR) is 80.3 cm³/mol. The van der Waals surface area contributed by atoms with Crippen molar-refractivity contribution in [1.82, 2.24) is 9.97 Å². The lowest BCUT2D eigenvalue weighted by Crippen LogP contribution is -2.27. The molecule has 0 saturated heterocycles. The maximum atomic E-state index is 13.7. The van der Waals surface area contributed by atoms with Crippen LogP contribution in [0, 0.1) is 5.82 Å². The fourth-order valence-electron chi connectivity index (χ4n) is 2.21. The fourth-order valence-corrected chi connectivity index (χ4v) is 2.21. The van der Waals surface area contributed by atoms with Gasteiger partial charge in [-0.2, -0.15) is 4.98 Å². The molecule has 1 aliphatic rings. The van der Waals surface area contributed by atoms with Gasteiger partial charge in [-0.25, -0.2) is 9.37 Å². The molecule has 2 aromatic rings. The van der Waals surface area contributed by atoms with Gasteiger partial charge < -0.3 is 15.3 Å². The van der Waals surface area contributed by atoms with Crippen molar-refractivity contribution in [1.29, 1.82) is 0 Å². The smallest absolute Gasteiger partial charge is 0.229 e. The Morgan fingerprint density at radius 3 is 3.05 bits per heavy atom. The number of phenols is 1. The largest absolute Gasteiger partial charge is 0.508 e. The van der Waals surface area contributed by atoms with Crippen molar-refractivity contribution in [2.24, 2.45) is 0 Å². The van der Waals surface area contributed by atoms with E-state index >= 15 is 0 Å². The second kappa shape index (κ2) is 5.40. The van der Waals surface area contributed by atoms with Crippen molar-refractivity contribution in [3.8, 4) is 5.75 Å².